The molecule has 11 nitrogen and oxygen atoms in total. The third-order valence-corrected chi connectivity index (χ3v) is 10.6. The molecule has 3 aromatic heterocycles. The van der Waals surface area contributed by atoms with Crippen molar-refractivity contribution >= 4 is 21.7 Å². The topological polar surface area (TPSA) is 124 Å². The number of nitrogens with zero attached hydrogens (tertiary/aromatic N) is 6. The standard InChI is InChI=1S/C29H39N7O4S/c1-18-14-29(3,4)35(15-18)27-22(28(37)33-41(38,39)24-16-34(5)31-19(24)2)10-11-25(30-27)36-13-12-26(32-36)40-17-23-20-6-7-21(23)9-8-20/h10-13,16,18,20-21,23H,6-9,14-15,17H2,1-5H3,(H,33,37)/t18-,20?,21?,23?/m0/s1. The first-order valence-electron chi connectivity index (χ1n) is 14.5. The summed E-state index contributed by atoms with van der Waals surface area (Å²) in [6, 6.07) is 5.14. The fourth-order valence-electron chi connectivity index (χ4n) is 7.33. The number of ether oxygens (including phenoxy) is 1. The molecule has 220 valence electrons. The number of hydrogen-bond donors (Lipinski definition) is 1. The van der Waals surface area contributed by atoms with Crippen LogP contribution in [0.1, 0.15) is 68.9 Å². The first-order chi connectivity index (χ1) is 19.4. The quantitative estimate of drug-likeness (QED) is 0.425. The van der Waals surface area contributed by atoms with Crippen molar-refractivity contribution in [1.29, 1.82) is 0 Å². The van der Waals surface area contributed by atoms with Crippen LogP contribution < -0.4 is 14.4 Å². The molecule has 0 aromatic carbocycles. The summed E-state index contributed by atoms with van der Waals surface area (Å²) in [7, 11) is -2.50. The Morgan fingerprint density at radius 1 is 1.12 bits per heavy atom. The Balaban J connectivity index is 1.28. The van der Waals surface area contributed by atoms with Gasteiger partial charge in [0.15, 0.2) is 5.82 Å². The number of rotatable bonds is 8. The molecule has 2 bridgehead atoms. The molecule has 4 heterocycles. The molecule has 2 saturated carbocycles. The highest BCUT2D eigenvalue weighted by Crippen LogP contribution is 2.49. The molecule has 1 saturated heterocycles. The smallest absolute Gasteiger partial charge is 0.268 e. The molecule has 12 heteroatoms. The summed E-state index contributed by atoms with van der Waals surface area (Å²) in [5, 5.41) is 8.73. The monoisotopic (exact) mass is 581 g/mol. The zero-order valence-corrected chi connectivity index (χ0v) is 25.2. The van der Waals surface area contributed by atoms with E-state index >= 15 is 0 Å². The maximum absolute atomic E-state index is 13.5. The van der Waals surface area contributed by atoms with Crippen molar-refractivity contribution in [2.75, 3.05) is 18.1 Å². The lowest BCUT2D eigenvalue weighted by Gasteiger charge is -2.34. The van der Waals surface area contributed by atoms with Crippen LogP contribution in [0.15, 0.2) is 35.5 Å². The van der Waals surface area contributed by atoms with Crippen molar-refractivity contribution < 1.29 is 17.9 Å². The highest BCUT2D eigenvalue weighted by molar-refractivity contribution is 7.90. The summed E-state index contributed by atoms with van der Waals surface area (Å²) in [6.45, 7) is 9.35. The van der Waals surface area contributed by atoms with Crippen LogP contribution in [-0.2, 0) is 17.1 Å². The molecule has 3 aliphatic rings. The molecule has 41 heavy (non-hydrogen) atoms. The molecule has 1 atom stereocenters. The first kappa shape index (κ1) is 27.7. The Hall–Kier alpha value is -3.41. The van der Waals surface area contributed by atoms with Gasteiger partial charge in [0.2, 0.25) is 5.88 Å². The van der Waals surface area contributed by atoms with Gasteiger partial charge in [0.25, 0.3) is 15.9 Å². The van der Waals surface area contributed by atoms with Gasteiger partial charge in [-0.3, -0.25) is 9.48 Å². The Kier molecular flexibility index (Phi) is 6.87. The molecule has 3 aromatic rings. The molecule has 1 N–H and O–H groups in total. The second kappa shape index (κ2) is 10.1. The normalized spacial score (nSPS) is 25.1. The van der Waals surface area contributed by atoms with Crippen molar-refractivity contribution in [1.82, 2.24) is 29.3 Å². The maximum atomic E-state index is 13.5. The fraction of sp³-hybridized carbons (Fsp3) is 0.586. The number of carbonyl (C=O) groups is 1. The number of hydrogen-bond acceptors (Lipinski definition) is 8. The lowest BCUT2D eigenvalue weighted by molar-refractivity contribution is 0.0981. The van der Waals surface area contributed by atoms with E-state index in [-0.39, 0.29) is 16.0 Å². The van der Waals surface area contributed by atoms with Gasteiger partial charge < -0.3 is 9.64 Å². The lowest BCUT2D eigenvalue weighted by atomic mass is 9.97. The van der Waals surface area contributed by atoms with Crippen LogP contribution in [0.3, 0.4) is 0 Å². The number of aromatic nitrogens is 5. The zero-order chi connectivity index (χ0) is 29.1. The Bertz CT molecular complexity index is 1560. The van der Waals surface area contributed by atoms with Gasteiger partial charge in [-0.2, -0.15) is 5.10 Å². The second-order valence-corrected chi connectivity index (χ2v) is 14.4. The summed E-state index contributed by atoms with van der Waals surface area (Å²) in [6.07, 6.45) is 9.35. The average molecular weight is 582 g/mol. The number of pyridine rings is 1. The van der Waals surface area contributed by atoms with Gasteiger partial charge >= 0.3 is 0 Å². The molecule has 2 aliphatic carbocycles. The Labute approximate surface area is 241 Å². The number of aryl methyl sites for hydroxylation is 2. The van der Waals surface area contributed by atoms with Crippen molar-refractivity contribution in [2.45, 2.75) is 70.2 Å². The van der Waals surface area contributed by atoms with Crippen molar-refractivity contribution in [3.63, 3.8) is 0 Å². The van der Waals surface area contributed by atoms with E-state index in [1.165, 1.54) is 36.6 Å². The predicted octanol–water partition coefficient (Wildman–Crippen LogP) is 3.87. The van der Waals surface area contributed by atoms with Gasteiger partial charge in [0.05, 0.1) is 17.9 Å². The fourth-order valence-corrected chi connectivity index (χ4v) is 8.52. The van der Waals surface area contributed by atoms with E-state index in [4.69, 9.17) is 9.72 Å². The maximum Gasteiger partial charge on any atom is 0.268 e. The minimum Gasteiger partial charge on any atom is -0.476 e. The van der Waals surface area contributed by atoms with E-state index in [9.17, 15) is 13.2 Å². The molecule has 1 amide bonds. The Morgan fingerprint density at radius 3 is 2.44 bits per heavy atom. The minimum atomic E-state index is -4.14. The third kappa shape index (κ3) is 5.22. The van der Waals surface area contributed by atoms with E-state index < -0.39 is 15.9 Å². The SMILES string of the molecule is Cc1nn(C)cc1S(=O)(=O)NC(=O)c1ccc(-n2ccc(OCC3C4CCC3CC4)n2)nc1N1C[C@@H](C)CC1(C)C. The van der Waals surface area contributed by atoms with Crippen molar-refractivity contribution in [3.05, 3.63) is 41.9 Å². The van der Waals surface area contributed by atoms with Crippen LogP contribution in [0.2, 0.25) is 0 Å². The Morgan fingerprint density at radius 2 is 1.83 bits per heavy atom. The summed E-state index contributed by atoms with van der Waals surface area (Å²) < 4.78 is 37.6. The van der Waals surface area contributed by atoms with Gasteiger partial charge in [-0.1, -0.05) is 6.92 Å². The van der Waals surface area contributed by atoms with Gasteiger partial charge in [-0.25, -0.2) is 22.8 Å². The second-order valence-electron chi connectivity index (χ2n) is 12.7. The van der Waals surface area contributed by atoms with Crippen molar-refractivity contribution in [2.24, 2.45) is 30.7 Å². The van der Waals surface area contributed by atoms with Crippen LogP contribution in [0.4, 0.5) is 5.82 Å². The highest BCUT2D eigenvalue weighted by Gasteiger charge is 2.42. The van der Waals surface area contributed by atoms with Gasteiger partial charge in [0.1, 0.15) is 10.7 Å². The van der Waals surface area contributed by atoms with E-state index in [0.717, 1.165) is 18.3 Å². The summed E-state index contributed by atoms with van der Waals surface area (Å²) >= 11 is 0. The van der Waals surface area contributed by atoms with E-state index in [2.05, 4.69) is 40.6 Å². The number of nitrogens with one attached hydrogen (secondary N) is 1. The molecule has 0 radical (unpaired) electrons. The van der Waals surface area contributed by atoms with Gasteiger partial charge in [-0.15, -0.1) is 5.10 Å². The minimum absolute atomic E-state index is 0.0377. The predicted molar refractivity (Wildman–Crippen MR) is 154 cm³/mol. The lowest BCUT2D eigenvalue weighted by Crippen LogP contribution is -2.41. The van der Waals surface area contributed by atoms with Crippen LogP contribution >= 0.6 is 0 Å². The van der Waals surface area contributed by atoms with E-state index in [1.54, 1.807) is 37.0 Å². The number of sulfonamides is 1. The van der Waals surface area contributed by atoms with Crippen LogP contribution in [0.25, 0.3) is 5.82 Å². The molecular weight excluding hydrogens is 542 g/mol. The first-order valence-corrected chi connectivity index (χ1v) is 15.9. The molecule has 0 spiro atoms. The number of carbonyl (C=O) groups excluding carboxylic acids is 1. The highest BCUT2D eigenvalue weighted by atomic mass is 32.2. The molecule has 6 rings (SSSR count). The summed E-state index contributed by atoms with van der Waals surface area (Å²) in [4.78, 5) is 20.5. The molecular formula is C29H39N7O4S. The number of anilines is 1. The van der Waals surface area contributed by atoms with E-state index in [1.807, 2.05) is 6.07 Å². The average Bonchev–Trinajstić information content (AvgIpc) is 3.72. The zero-order valence-electron chi connectivity index (χ0n) is 24.4. The number of fused-ring (bicyclic) bond motifs is 2. The summed E-state index contributed by atoms with van der Waals surface area (Å²) in [5.41, 5.74) is 0.215. The van der Waals surface area contributed by atoms with E-state index in [0.29, 0.717) is 48.2 Å². The van der Waals surface area contributed by atoms with Crippen LogP contribution in [-0.4, -0.2) is 57.6 Å². The number of amides is 1. The largest absolute Gasteiger partial charge is 0.476 e. The van der Waals surface area contributed by atoms with Crippen LogP contribution in [0, 0.1) is 30.6 Å². The molecule has 1 aliphatic heterocycles. The third-order valence-electron chi connectivity index (χ3n) is 9.17. The van der Waals surface area contributed by atoms with Crippen molar-refractivity contribution in [3.8, 4) is 11.7 Å². The van der Waals surface area contributed by atoms with Gasteiger partial charge in [0, 0.05) is 37.6 Å². The van der Waals surface area contributed by atoms with Crippen LogP contribution in [0.5, 0.6) is 5.88 Å². The molecule has 3 fully saturated rings. The summed E-state index contributed by atoms with van der Waals surface area (Å²) in [5.74, 6) is 3.31. The molecule has 0 unspecified atom stereocenters. The van der Waals surface area contributed by atoms with Gasteiger partial charge in [-0.05, 0) is 88.7 Å².